The van der Waals surface area contributed by atoms with E-state index in [0.717, 1.165) is 13.0 Å². The number of likely N-dealkylation sites (tertiary alicyclic amines) is 1. The first-order chi connectivity index (χ1) is 8.32. The predicted octanol–water partition coefficient (Wildman–Crippen LogP) is 2.09. The minimum Gasteiger partial charge on any atom is -0.444 e. The molecule has 2 atom stereocenters. The van der Waals surface area contributed by atoms with Gasteiger partial charge in [0.1, 0.15) is 11.8 Å². The highest BCUT2D eigenvalue weighted by molar-refractivity contribution is 5.68. The maximum Gasteiger partial charge on any atom is 0.410 e. The lowest BCUT2D eigenvalue weighted by Gasteiger charge is -2.37. The first-order valence-corrected chi connectivity index (χ1v) is 6.69. The summed E-state index contributed by atoms with van der Waals surface area (Å²) in [6, 6.07) is 0. The number of ether oxygens (including phenoxy) is 1. The molecule has 0 radical (unpaired) electrons. The average Bonchev–Trinajstić information content (AvgIpc) is 2.66. The van der Waals surface area contributed by atoms with Crippen LogP contribution in [0.1, 0.15) is 40.0 Å². The van der Waals surface area contributed by atoms with Crippen molar-refractivity contribution in [2.45, 2.75) is 57.3 Å². The molecule has 4 nitrogen and oxygen atoms in total. The van der Waals surface area contributed by atoms with Crippen LogP contribution in [0.4, 0.5) is 9.18 Å². The molecule has 1 amide bonds. The van der Waals surface area contributed by atoms with Crippen LogP contribution in [0.25, 0.3) is 0 Å². The number of amides is 1. The second-order valence-electron chi connectivity index (χ2n) is 6.34. The Morgan fingerprint density at radius 3 is 2.83 bits per heavy atom. The molecule has 2 saturated heterocycles. The highest BCUT2D eigenvalue weighted by atomic mass is 19.1. The minimum absolute atomic E-state index is 0.334. The number of nitrogens with zero attached hydrogens (tertiary/aromatic N) is 1. The Morgan fingerprint density at radius 1 is 1.50 bits per heavy atom. The molecule has 2 fully saturated rings. The van der Waals surface area contributed by atoms with Crippen molar-refractivity contribution in [2.24, 2.45) is 0 Å². The van der Waals surface area contributed by atoms with Crippen molar-refractivity contribution in [1.82, 2.24) is 10.2 Å². The van der Waals surface area contributed by atoms with E-state index in [0.29, 0.717) is 25.9 Å². The Morgan fingerprint density at radius 2 is 2.22 bits per heavy atom. The molecule has 2 unspecified atom stereocenters. The van der Waals surface area contributed by atoms with Gasteiger partial charge < -0.3 is 15.0 Å². The monoisotopic (exact) mass is 258 g/mol. The van der Waals surface area contributed by atoms with E-state index < -0.39 is 17.3 Å². The van der Waals surface area contributed by atoms with Gasteiger partial charge in [-0.2, -0.15) is 0 Å². The number of alkyl halides is 1. The maximum atomic E-state index is 14.1. The van der Waals surface area contributed by atoms with Crippen LogP contribution in [0, 0.1) is 0 Å². The molecular formula is C13H23FN2O2. The molecule has 0 aromatic rings. The predicted molar refractivity (Wildman–Crippen MR) is 67.3 cm³/mol. The van der Waals surface area contributed by atoms with Crippen LogP contribution in [-0.4, -0.2) is 47.9 Å². The van der Waals surface area contributed by atoms with E-state index in [9.17, 15) is 9.18 Å². The number of hydrogen-bond donors (Lipinski definition) is 1. The minimum atomic E-state index is -0.862. The largest absolute Gasteiger partial charge is 0.444 e. The summed E-state index contributed by atoms with van der Waals surface area (Å²) in [7, 11) is 0. The number of carbonyl (C=O) groups excluding carboxylic acids is 1. The van der Waals surface area contributed by atoms with Crippen LogP contribution in [0.3, 0.4) is 0 Å². The first-order valence-electron chi connectivity index (χ1n) is 6.69. The zero-order valence-corrected chi connectivity index (χ0v) is 11.5. The van der Waals surface area contributed by atoms with Crippen molar-refractivity contribution in [3.05, 3.63) is 0 Å². The summed E-state index contributed by atoms with van der Waals surface area (Å²) in [5, 5.41) is 3.27. The molecular weight excluding hydrogens is 235 g/mol. The van der Waals surface area contributed by atoms with Crippen LogP contribution in [-0.2, 0) is 4.74 Å². The smallest absolute Gasteiger partial charge is 0.410 e. The molecule has 2 aliphatic heterocycles. The molecule has 0 saturated carbocycles. The quantitative estimate of drug-likeness (QED) is 0.723. The molecule has 0 aliphatic carbocycles. The number of hydrogen-bond acceptors (Lipinski definition) is 3. The molecule has 5 heteroatoms. The third-order valence-electron chi connectivity index (χ3n) is 3.66. The van der Waals surface area contributed by atoms with E-state index in [-0.39, 0.29) is 6.09 Å². The molecule has 2 aliphatic rings. The van der Waals surface area contributed by atoms with Gasteiger partial charge in [0.25, 0.3) is 0 Å². The summed E-state index contributed by atoms with van der Waals surface area (Å²) in [5.74, 6) is 0. The zero-order chi connectivity index (χ0) is 13.4. The van der Waals surface area contributed by atoms with Gasteiger partial charge in [-0.1, -0.05) is 0 Å². The second-order valence-corrected chi connectivity index (χ2v) is 6.34. The number of carbonyl (C=O) groups is 1. The molecule has 0 bridgehead atoms. The van der Waals surface area contributed by atoms with Gasteiger partial charge in [0.05, 0.1) is 5.54 Å². The fraction of sp³-hybridized carbons (Fsp3) is 0.923. The topological polar surface area (TPSA) is 41.6 Å². The van der Waals surface area contributed by atoms with Gasteiger partial charge in [-0.25, -0.2) is 9.18 Å². The lowest BCUT2D eigenvalue weighted by molar-refractivity contribution is 0.0253. The standard InChI is InChI=1S/C13H23FN2O2/c1-12(2,3)18-11(17)16-8-6-13(9-16)10(14)5-4-7-15-13/h10,15H,4-9H2,1-3H3. The van der Waals surface area contributed by atoms with E-state index >= 15 is 0 Å². The third-order valence-corrected chi connectivity index (χ3v) is 3.66. The van der Waals surface area contributed by atoms with E-state index in [1.54, 1.807) is 4.90 Å². The first kappa shape index (κ1) is 13.6. The summed E-state index contributed by atoms with van der Waals surface area (Å²) in [6.45, 7) is 7.35. The number of rotatable bonds is 0. The van der Waals surface area contributed by atoms with Gasteiger partial charge >= 0.3 is 6.09 Å². The van der Waals surface area contributed by atoms with Crippen LogP contribution in [0.15, 0.2) is 0 Å². The van der Waals surface area contributed by atoms with Crippen LogP contribution < -0.4 is 5.32 Å². The van der Waals surface area contributed by atoms with Crippen molar-refractivity contribution >= 4 is 6.09 Å². The van der Waals surface area contributed by atoms with E-state index in [2.05, 4.69) is 5.32 Å². The van der Waals surface area contributed by atoms with Crippen molar-refractivity contribution in [3.63, 3.8) is 0 Å². The van der Waals surface area contributed by atoms with Gasteiger partial charge in [0.2, 0.25) is 0 Å². The van der Waals surface area contributed by atoms with Crippen molar-refractivity contribution in [1.29, 1.82) is 0 Å². The SMILES string of the molecule is CC(C)(C)OC(=O)N1CCC2(C1)NCCCC2F. The number of halogens is 1. The lowest BCUT2D eigenvalue weighted by Crippen LogP contribution is -2.58. The zero-order valence-electron chi connectivity index (χ0n) is 11.5. The molecule has 2 heterocycles. The summed E-state index contributed by atoms with van der Waals surface area (Å²) < 4.78 is 19.4. The Hall–Kier alpha value is -0.840. The van der Waals surface area contributed by atoms with Crippen LogP contribution in [0.5, 0.6) is 0 Å². The van der Waals surface area contributed by atoms with Gasteiger partial charge in [0.15, 0.2) is 0 Å². The molecule has 18 heavy (non-hydrogen) atoms. The van der Waals surface area contributed by atoms with Crippen molar-refractivity contribution in [2.75, 3.05) is 19.6 Å². The molecule has 0 aromatic carbocycles. The molecule has 1 N–H and O–H groups in total. The Balaban J connectivity index is 1.97. The van der Waals surface area contributed by atoms with E-state index in [4.69, 9.17) is 4.74 Å². The summed E-state index contributed by atoms with van der Waals surface area (Å²) in [6.07, 6.45) is 0.940. The van der Waals surface area contributed by atoms with Gasteiger partial charge in [-0.05, 0) is 46.6 Å². The van der Waals surface area contributed by atoms with E-state index in [1.807, 2.05) is 20.8 Å². The van der Waals surface area contributed by atoms with Crippen molar-refractivity contribution in [3.8, 4) is 0 Å². The Kier molecular flexibility index (Phi) is 3.54. The van der Waals surface area contributed by atoms with Crippen molar-refractivity contribution < 1.29 is 13.9 Å². The molecule has 2 rings (SSSR count). The molecule has 0 aromatic heterocycles. The van der Waals surface area contributed by atoms with E-state index in [1.165, 1.54) is 0 Å². The fourth-order valence-corrected chi connectivity index (χ4v) is 2.72. The second kappa shape index (κ2) is 4.68. The average molecular weight is 258 g/mol. The Bertz CT molecular complexity index is 329. The van der Waals surface area contributed by atoms with Gasteiger partial charge in [0, 0.05) is 13.1 Å². The van der Waals surface area contributed by atoms with Gasteiger partial charge in [-0.3, -0.25) is 0 Å². The lowest BCUT2D eigenvalue weighted by atomic mass is 9.86. The molecule has 1 spiro atoms. The van der Waals surface area contributed by atoms with Gasteiger partial charge in [-0.15, -0.1) is 0 Å². The maximum absolute atomic E-state index is 14.1. The number of nitrogens with one attached hydrogen (secondary N) is 1. The third kappa shape index (κ3) is 2.76. The molecule has 104 valence electrons. The van der Waals surface area contributed by atoms with Crippen LogP contribution >= 0.6 is 0 Å². The van der Waals surface area contributed by atoms with Crippen LogP contribution in [0.2, 0.25) is 0 Å². The summed E-state index contributed by atoms with van der Waals surface area (Å²) in [4.78, 5) is 13.6. The highest BCUT2D eigenvalue weighted by Crippen LogP contribution is 2.32. The summed E-state index contributed by atoms with van der Waals surface area (Å²) in [5.41, 5.74) is -1.03. The normalized spacial score (nSPS) is 32.9. The summed E-state index contributed by atoms with van der Waals surface area (Å²) >= 11 is 0. The highest BCUT2D eigenvalue weighted by Gasteiger charge is 2.48. The Labute approximate surface area is 108 Å². The number of piperidine rings is 1. The fourth-order valence-electron chi connectivity index (χ4n) is 2.72.